The third-order valence-electron chi connectivity index (χ3n) is 3.70. The average Bonchev–Trinajstić information content (AvgIpc) is 3.19. The molecule has 2 aromatic rings. The Hall–Kier alpha value is -1.39. The fraction of sp³-hybridized carbons (Fsp3) is 0.438. The van der Waals surface area contributed by atoms with Gasteiger partial charge in [-0.15, -0.1) is 11.3 Å². The first-order chi connectivity index (χ1) is 9.72. The average molecular weight is 288 g/mol. The molecule has 0 atom stereocenters. The SMILES string of the molecule is CN(CC(=O)NCC1CC1)Cc1csc2ccccc12. The number of thiophene rings is 1. The maximum absolute atomic E-state index is 11.8. The summed E-state index contributed by atoms with van der Waals surface area (Å²) in [6.45, 7) is 2.14. The normalized spacial score (nSPS) is 14.9. The van der Waals surface area contributed by atoms with E-state index < -0.39 is 0 Å². The van der Waals surface area contributed by atoms with Crippen LogP contribution in [0.2, 0.25) is 0 Å². The molecule has 1 aliphatic rings. The highest BCUT2D eigenvalue weighted by Gasteiger charge is 2.21. The van der Waals surface area contributed by atoms with Crippen molar-refractivity contribution in [3.8, 4) is 0 Å². The molecular weight excluding hydrogens is 268 g/mol. The lowest BCUT2D eigenvalue weighted by Crippen LogP contribution is -2.35. The zero-order valence-corrected chi connectivity index (χ0v) is 12.6. The number of hydrogen-bond acceptors (Lipinski definition) is 3. The number of carbonyl (C=O) groups is 1. The van der Waals surface area contributed by atoms with Gasteiger partial charge in [0.15, 0.2) is 0 Å². The highest BCUT2D eigenvalue weighted by atomic mass is 32.1. The Balaban J connectivity index is 1.54. The Bertz CT molecular complexity index is 603. The molecular formula is C16H20N2OS. The van der Waals surface area contributed by atoms with Gasteiger partial charge in [-0.25, -0.2) is 0 Å². The number of rotatable bonds is 6. The van der Waals surface area contributed by atoms with Gasteiger partial charge in [0.05, 0.1) is 6.54 Å². The molecule has 1 N–H and O–H groups in total. The summed E-state index contributed by atoms with van der Waals surface area (Å²) < 4.78 is 1.31. The summed E-state index contributed by atoms with van der Waals surface area (Å²) in [6.07, 6.45) is 2.55. The van der Waals surface area contributed by atoms with Crippen LogP contribution in [-0.4, -0.2) is 30.9 Å². The molecule has 20 heavy (non-hydrogen) atoms. The highest BCUT2D eigenvalue weighted by molar-refractivity contribution is 7.17. The molecule has 1 aromatic heterocycles. The van der Waals surface area contributed by atoms with E-state index in [0.29, 0.717) is 6.54 Å². The topological polar surface area (TPSA) is 32.3 Å². The van der Waals surface area contributed by atoms with Gasteiger partial charge in [-0.1, -0.05) is 18.2 Å². The quantitative estimate of drug-likeness (QED) is 0.886. The monoisotopic (exact) mass is 288 g/mol. The van der Waals surface area contributed by atoms with Crippen molar-refractivity contribution in [1.29, 1.82) is 0 Å². The molecule has 0 aliphatic heterocycles. The van der Waals surface area contributed by atoms with Gasteiger partial charge < -0.3 is 5.32 Å². The lowest BCUT2D eigenvalue weighted by atomic mass is 10.2. The molecule has 0 unspecified atom stereocenters. The molecule has 3 rings (SSSR count). The van der Waals surface area contributed by atoms with Crippen molar-refractivity contribution >= 4 is 27.3 Å². The van der Waals surface area contributed by atoms with Gasteiger partial charge >= 0.3 is 0 Å². The molecule has 1 amide bonds. The van der Waals surface area contributed by atoms with Crippen LogP contribution in [0.15, 0.2) is 29.6 Å². The number of benzene rings is 1. The van der Waals surface area contributed by atoms with Crippen LogP contribution >= 0.6 is 11.3 Å². The molecule has 0 saturated heterocycles. The van der Waals surface area contributed by atoms with Gasteiger partial charge in [0.1, 0.15) is 0 Å². The number of fused-ring (bicyclic) bond motifs is 1. The molecule has 3 nitrogen and oxygen atoms in total. The van der Waals surface area contributed by atoms with Crippen molar-refractivity contribution in [3.05, 3.63) is 35.2 Å². The standard InChI is InChI=1S/C16H20N2OS/c1-18(10-16(19)17-8-12-6-7-12)9-13-11-20-15-5-3-2-4-14(13)15/h2-5,11-12H,6-10H2,1H3,(H,17,19). The smallest absolute Gasteiger partial charge is 0.234 e. The van der Waals surface area contributed by atoms with E-state index in [4.69, 9.17) is 0 Å². The number of carbonyl (C=O) groups excluding carboxylic acids is 1. The Morgan fingerprint density at radius 3 is 3.00 bits per heavy atom. The van der Waals surface area contributed by atoms with E-state index in [1.54, 1.807) is 11.3 Å². The zero-order valence-electron chi connectivity index (χ0n) is 11.8. The third kappa shape index (κ3) is 3.38. The summed E-state index contributed by atoms with van der Waals surface area (Å²) in [6, 6.07) is 8.44. The molecule has 0 radical (unpaired) electrons. The maximum Gasteiger partial charge on any atom is 0.234 e. The fourth-order valence-corrected chi connectivity index (χ4v) is 3.34. The summed E-state index contributed by atoms with van der Waals surface area (Å²) in [5, 5.41) is 6.52. The highest BCUT2D eigenvalue weighted by Crippen LogP contribution is 2.27. The van der Waals surface area contributed by atoms with Crippen LogP contribution in [0, 0.1) is 5.92 Å². The van der Waals surface area contributed by atoms with Crippen LogP contribution in [0.3, 0.4) is 0 Å². The van der Waals surface area contributed by atoms with Crippen LogP contribution in [-0.2, 0) is 11.3 Å². The second-order valence-electron chi connectivity index (χ2n) is 5.68. The Morgan fingerprint density at radius 2 is 2.20 bits per heavy atom. The Morgan fingerprint density at radius 1 is 1.40 bits per heavy atom. The van der Waals surface area contributed by atoms with Crippen molar-refractivity contribution in [2.45, 2.75) is 19.4 Å². The van der Waals surface area contributed by atoms with E-state index in [0.717, 1.165) is 19.0 Å². The van der Waals surface area contributed by atoms with Crippen LogP contribution in [0.5, 0.6) is 0 Å². The minimum Gasteiger partial charge on any atom is -0.355 e. The predicted molar refractivity (Wildman–Crippen MR) is 83.9 cm³/mol. The van der Waals surface area contributed by atoms with Gasteiger partial charge in [-0.3, -0.25) is 9.69 Å². The molecule has 0 bridgehead atoms. The third-order valence-corrected chi connectivity index (χ3v) is 4.71. The maximum atomic E-state index is 11.8. The Labute approximate surface area is 123 Å². The number of amides is 1. The lowest BCUT2D eigenvalue weighted by Gasteiger charge is -2.16. The zero-order chi connectivity index (χ0) is 13.9. The van der Waals surface area contributed by atoms with Crippen LogP contribution < -0.4 is 5.32 Å². The van der Waals surface area contributed by atoms with Gasteiger partial charge in [0, 0.05) is 17.8 Å². The molecule has 1 saturated carbocycles. The van der Waals surface area contributed by atoms with Gasteiger partial charge in [0.25, 0.3) is 0 Å². The number of hydrogen-bond donors (Lipinski definition) is 1. The van der Waals surface area contributed by atoms with Crippen LogP contribution in [0.4, 0.5) is 0 Å². The van der Waals surface area contributed by atoms with E-state index in [-0.39, 0.29) is 5.91 Å². The summed E-state index contributed by atoms with van der Waals surface area (Å²) in [7, 11) is 2.00. The summed E-state index contributed by atoms with van der Waals surface area (Å²) in [5.41, 5.74) is 1.31. The minimum absolute atomic E-state index is 0.138. The predicted octanol–water partition coefficient (Wildman–Crippen LogP) is 2.86. The van der Waals surface area contributed by atoms with Crippen molar-refractivity contribution in [2.24, 2.45) is 5.92 Å². The largest absolute Gasteiger partial charge is 0.355 e. The van der Waals surface area contributed by atoms with Gasteiger partial charge in [0.2, 0.25) is 5.91 Å². The second-order valence-corrected chi connectivity index (χ2v) is 6.59. The first kappa shape index (κ1) is 13.6. The van der Waals surface area contributed by atoms with E-state index in [9.17, 15) is 4.79 Å². The molecule has 106 valence electrons. The molecule has 0 spiro atoms. The molecule has 1 aliphatic carbocycles. The first-order valence-corrected chi connectivity index (χ1v) is 8.00. The number of nitrogens with one attached hydrogen (secondary N) is 1. The van der Waals surface area contributed by atoms with E-state index in [2.05, 4.69) is 39.9 Å². The molecule has 1 heterocycles. The Kier molecular flexibility index (Phi) is 4.03. The summed E-state index contributed by atoms with van der Waals surface area (Å²) in [5.74, 6) is 0.879. The fourth-order valence-electron chi connectivity index (χ4n) is 2.38. The van der Waals surface area contributed by atoms with E-state index in [1.165, 1.54) is 28.5 Å². The number of nitrogens with zero attached hydrogens (tertiary/aromatic N) is 1. The summed E-state index contributed by atoms with van der Waals surface area (Å²) in [4.78, 5) is 13.9. The van der Waals surface area contributed by atoms with Crippen LogP contribution in [0.1, 0.15) is 18.4 Å². The lowest BCUT2D eigenvalue weighted by molar-refractivity contribution is -0.122. The molecule has 1 fully saturated rings. The minimum atomic E-state index is 0.138. The first-order valence-electron chi connectivity index (χ1n) is 7.13. The summed E-state index contributed by atoms with van der Waals surface area (Å²) >= 11 is 1.77. The molecule has 1 aromatic carbocycles. The van der Waals surface area contributed by atoms with E-state index in [1.807, 2.05) is 7.05 Å². The molecule has 4 heteroatoms. The second kappa shape index (κ2) is 5.94. The van der Waals surface area contributed by atoms with Gasteiger partial charge in [-0.05, 0) is 48.2 Å². The van der Waals surface area contributed by atoms with Crippen molar-refractivity contribution in [3.63, 3.8) is 0 Å². The van der Waals surface area contributed by atoms with E-state index >= 15 is 0 Å². The number of likely N-dealkylation sites (N-methyl/N-ethyl adjacent to an activating group) is 1. The van der Waals surface area contributed by atoms with Crippen LogP contribution in [0.25, 0.3) is 10.1 Å². The van der Waals surface area contributed by atoms with Crippen molar-refractivity contribution < 1.29 is 4.79 Å². The van der Waals surface area contributed by atoms with Gasteiger partial charge in [-0.2, -0.15) is 0 Å². The van der Waals surface area contributed by atoms with Crippen molar-refractivity contribution in [2.75, 3.05) is 20.1 Å². The van der Waals surface area contributed by atoms with Crippen molar-refractivity contribution in [1.82, 2.24) is 10.2 Å².